The molecule has 1 heterocycles. The fourth-order valence-electron chi connectivity index (χ4n) is 1.65. The van der Waals surface area contributed by atoms with E-state index in [0.717, 1.165) is 5.56 Å². The van der Waals surface area contributed by atoms with Gasteiger partial charge in [0.1, 0.15) is 5.82 Å². The highest BCUT2D eigenvalue weighted by Gasteiger charge is 2.16. The molecular formula is C12H12FNO. The first-order valence-electron chi connectivity index (χ1n) is 4.76. The fourth-order valence-corrected chi connectivity index (χ4v) is 1.65. The molecule has 1 aromatic carbocycles. The Morgan fingerprint density at radius 2 is 2.07 bits per heavy atom. The molecule has 15 heavy (non-hydrogen) atoms. The minimum absolute atomic E-state index is 0.162. The Labute approximate surface area is 87.7 Å². The summed E-state index contributed by atoms with van der Waals surface area (Å²) in [5, 5.41) is 3.06. The monoisotopic (exact) mass is 205 g/mol. The first-order valence-corrected chi connectivity index (χ1v) is 4.76. The lowest BCUT2D eigenvalue weighted by Crippen LogP contribution is -2.18. The molecule has 0 aliphatic rings. The van der Waals surface area contributed by atoms with Crippen molar-refractivity contribution in [1.29, 1.82) is 0 Å². The largest absolute Gasteiger partial charge is 0.472 e. The van der Waals surface area contributed by atoms with Gasteiger partial charge in [0, 0.05) is 11.1 Å². The topological polar surface area (TPSA) is 25.2 Å². The summed E-state index contributed by atoms with van der Waals surface area (Å²) in [5.41, 5.74) is 1.55. The van der Waals surface area contributed by atoms with Gasteiger partial charge in [0.15, 0.2) is 0 Å². The van der Waals surface area contributed by atoms with E-state index in [4.69, 9.17) is 4.42 Å². The van der Waals surface area contributed by atoms with Crippen LogP contribution < -0.4 is 5.32 Å². The molecule has 1 atom stereocenters. The molecule has 0 aliphatic carbocycles. The summed E-state index contributed by atoms with van der Waals surface area (Å²) < 4.78 is 18.5. The Kier molecular flexibility index (Phi) is 2.83. The number of furan rings is 1. The zero-order valence-corrected chi connectivity index (χ0v) is 8.41. The van der Waals surface area contributed by atoms with Gasteiger partial charge in [-0.2, -0.15) is 0 Å². The van der Waals surface area contributed by atoms with Crippen LogP contribution in [0.2, 0.25) is 0 Å². The van der Waals surface area contributed by atoms with E-state index in [-0.39, 0.29) is 11.9 Å². The van der Waals surface area contributed by atoms with Crippen LogP contribution in [0.1, 0.15) is 17.2 Å². The molecule has 1 unspecified atom stereocenters. The normalized spacial score (nSPS) is 12.7. The SMILES string of the molecule is CNC(c1ccoc1)c1ccccc1F. The number of hydrogen-bond acceptors (Lipinski definition) is 2. The van der Waals surface area contributed by atoms with Crippen LogP contribution >= 0.6 is 0 Å². The zero-order valence-electron chi connectivity index (χ0n) is 8.41. The number of rotatable bonds is 3. The molecule has 78 valence electrons. The number of nitrogens with one attached hydrogen (secondary N) is 1. The van der Waals surface area contributed by atoms with Gasteiger partial charge in [0.2, 0.25) is 0 Å². The minimum atomic E-state index is -0.210. The minimum Gasteiger partial charge on any atom is -0.472 e. The molecule has 0 bridgehead atoms. The van der Waals surface area contributed by atoms with Gasteiger partial charge in [-0.15, -0.1) is 0 Å². The van der Waals surface area contributed by atoms with Gasteiger partial charge in [-0.1, -0.05) is 18.2 Å². The summed E-state index contributed by atoms with van der Waals surface area (Å²) in [6.07, 6.45) is 3.20. The van der Waals surface area contributed by atoms with Crippen LogP contribution in [0.5, 0.6) is 0 Å². The third-order valence-corrected chi connectivity index (χ3v) is 2.38. The molecule has 0 saturated heterocycles. The summed E-state index contributed by atoms with van der Waals surface area (Å²) in [7, 11) is 1.80. The molecule has 0 spiro atoms. The highest BCUT2D eigenvalue weighted by Crippen LogP contribution is 2.23. The van der Waals surface area contributed by atoms with Crippen molar-refractivity contribution in [2.45, 2.75) is 6.04 Å². The van der Waals surface area contributed by atoms with Crippen LogP contribution in [-0.2, 0) is 0 Å². The standard InChI is InChI=1S/C12H12FNO/c1-14-12(9-6-7-15-8-9)10-4-2-3-5-11(10)13/h2-8,12,14H,1H3. The average Bonchev–Trinajstić information content (AvgIpc) is 2.75. The van der Waals surface area contributed by atoms with Gasteiger partial charge in [0.25, 0.3) is 0 Å². The summed E-state index contributed by atoms with van der Waals surface area (Å²) in [5.74, 6) is -0.210. The van der Waals surface area contributed by atoms with Crippen LogP contribution in [0, 0.1) is 5.82 Å². The molecular weight excluding hydrogens is 193 g/mol. The van der Waals surface area contributed by atoms with E-state index in [1.807, 2.05) is 12.1 Å². The molecule has 0 saturated carbocycles. The number of benzene rings is 1. The highest BCUT2D eigenvalue weighted by atomic mass is 19.1. The van der Waals surface area contributed by atoms with Gasteiger partial charge in [0.05, 0.1) is 18.6 Å². The highest BCUT2D eigenvalue weighted by molar-refractivity contribution is 5.30. The van der Waals surface area contributed by atoms with E-state index in [2.05, 4.69) is 5.32 Å². The molecule has 0 aliphatic heterocycles. The van der Waals surface area contributed by atoms with Crippen molar-refractivity contribution >= 4 is 0 Å². The van der Waals surface area contributed by atoms with E-state index in [9.17, 15) is 4.39 Å². The Balaban J connectivity index is 2.40. The van der Waals surface area contributed by atoms with Crippen molar-refractivity contribution < 1.29 is 8.81 Å². The molecule has 2 nitrogen and oxygen atoms in total. The van der Waals surface area contributed by atoms with Crippen molar-refractivity contribution in [3.63, 3.8) is 0 Å². The summed E-state index contributed by atoms with van der Waals surface area (Å²) >= 11 is 0. The van der Waals surface area contributed by atoms with Crippen LogP contribution in [0.3, 0.4) is 0 Å². The molecule has 0 fully saturated rings. The smallest absolute Gasteiger partial charge is 0.128 e. The first kappa shape index (κ1) is 9.93. The molecule has 3 heteroatoms. The molecule has 0 amide bonds. The zero-order chi connectivity index (χ0) is 10.7. The lowest BCUT2D eigenvalue weighted by Gasteiger charge is -2.15. The van der Waals surface area contributed by atoms with E-state index in [1.54, 1.807) is 31.7 Å². The summed E-state index contributed by atoms with van der Waals surface area (Å²) in [6, 6.07) is 8.39. The second kappa shape index (κ2) is 4.28. The molecule has 1 aromatic heterocycles. The van der Waals surface area contributed by atoms with Gasteiger partial charge >= 0.3 is 0 Å². The predicted octanol–water partition coefficient (Wildman–Crippen LogP) is 2.73. The Hall–Kier alpha value is -1.61. The molecule has 2 aromatic rings. The Morgan fingerprint density at radius 1 is 1.27 bits per heavy atom. The molecule has 0 radical (unpaired) electrons. The first-order chi connectivity index (χ1) is 7.33. The Morgan fingerprint density at radius 3 is 2.67 bits per heavy atom. The van der Waals surface area contributed by atoms with Crippen LogP contribution in [0.4, 0.5) is 4.39 Å². The van der Waals surface area contributed by atoms with E-state index in [0.29, 0.717) is 5.56 Å². The van der Waals surface area contributed by atoms with E-state index in [1.165, 1.54) is 6.07 Å². The van der Waals surface area contributed by atoms with Gasteiger partial charge in [-0.25, -0.2) is 4.39 Å². The second-order valence-corrected chi connectivity index (χ2v) is 3.30. The maximum absolute atomic E-state index is 13.5. The third kappa shape index (κ3) is 1.92. The molecule has 2 rings (SSSR count). The predicted molar refractivity (Wildman–Crippen MR) is 56.0 cm³/mol. The average molecular weight is 205 g/mol. The second-order valence-electron chi connectivity index (χ2n) is 3.30. The van der Waals surface area contributed by atoms with Crippen molar-refractivity contribution in [2.24, 2.45) is 0 Å². The number of halogens is 1. The third-order valence-electron chi connectivity index (χ3n) is 2.38. The van der Waals surface area contributed by atoms with Crippen molar-refractivity contribution in [2.75, 3.05) is 7.05 Å². The van der Waals surface area contributed by atoms with Crippen LogP contribution in [0.15, 0.2) is 47.3 Å². The maximum Gasteiger partial charge on any atom is 0.128 e. The lowest BCUT2D eigenvalue weighted by atomic mass is 10.0. The van der Waals surface area contributed by atoms with Crippen molar-refractivity contribution in [3.05, 3.63) is 59.8 Å². The van der Waals surface area contributed by atoms with E-state index < -0.39 is 0 Å². The quantitative estimate of drug-likeness (QED) is 0.833. The summed E-state index contributed by atoms with van der Waals surface area (Å²) in [4.78, 5) is 0. The van der Waals surface area contributed by atoms with Gasteiger partial charge in [-0.3, -0.25) is 0 Å². The maximum atomic E-state index is 13.5. The van der Waals surface area contributed by atoms with Gasteiger partial charge < -0.3 is 9.73 Å². The molecule has 1 N–H and O–H groups in total. The van der Waals surface area contributed by atoms with Crippen LogP contribution in [-0.4, -0.2) is 7.05 Å². The lowest BCUT2D eigenvalue weighted by molar-refractivity contribution is 0.548. The van der Waals surface area contributed by atoms with Crippen molar-refractivity contribution in [3.8, 4) is 0 Å². The summed E-state index contributed by atoms with van der Waals surface area (Å²) in [6.45, 7) is 0. The van der Waals surface area contributed by atoms with Gasteiger partial charge in [-0.05, 0) is 19.2 Å². The van der Waals surface area contributed by atoms with Crippen molar-refractivity contribution in [1.82, 2.24) is 5.32 Å². The van der Waals surface area contributed by atoms with E-state index >= 15 is 0 Å². The van der Waals surface area contributed by atoms with Crippen LogP contribution in [0.25, 0.3) is 0 Å². The Bertz CT molecular complexity index is 425. The number of hydrogen-bond donors (Lipinski definition) is 1. The fraction of sp³-hybridized carbons (Fsp3) is 0.167.